The lowest BCUT2D eigenvalue weighted by atomic mass is 9.94. The molecular weight excluding hydrogens is 468 g/mol. The average molecular weight is 490 g/mol. The zero-order valence-electron chi connectivity index (χ0n) is 19.6. The largest absolute Gasteiger partial charge is 0.507 e. The number of nitro benzene ring substituents is 1. The molecule has 1 aliphatic rings. The summed E-state index contributed by atoms with van der Waals surface area (Å²) in [6.45, 7) is 0. The fourth-order valence-electron chi connectivity index (χ4n) is 4.08. The molecule has 3 aromatic carbocycles. The van der Waals surface area contributed by atoms with Crippen LogP contribution in [0.1, 0.15) is 17.2 Å². The Bertz CT molecular complexity index is 1360. The Morgan fingerprint density at radius 1 is 0.889 bits per heavy atom. The van der Waals surface area contributed by atoms with E-state index >= 15 is 0 Å². The minimum Gasteiger partial charge on any atom is -0.507 e. The highest BCUT2D eigenvalue weighted by Gasteiger charge is 2.48. The third kappa shape index (κ3) is 4.20. The predicted octanol–water partition coefficient (Wildman–Crippen LogP) is 4.25. The molecule has 1 amide bonds. The molecule has 0 bridgehead atoms. The number of aliphatic hydroxyl groups is 1. The number of carbonyl (C=O) groups excluding carboxylic acids is 2. The first kappa shape index (κ1) is 24.3. The second-order valence-electron chi connectivity index (χ2n) is 7.78. The Labute approximate surface area is 206 Å². The molecule has 184 valence electrons. The van der Waals surface area contributed by atoms with Crippen LogP contribution in [0.4, 0.5) is 11.4 Å². The number of non-ortho nitro benzene ring substituents is 1. The highest BCUT2D eigenvalue weighted by atomic mass is 16.6. The number of hydrogen-bond acceptors (Lipinski definition) is 8. The molecule has 0 radical (unpaired) electrons. The zero-order valence-corrected chi connectivity index (χ0v) is 19.6. The van der Waals surface area contributed by atoms with Crippen molar-refractivity contribution in [3.05, 3.63) is 93.5 Å². The van der Waals surface area contributed by atoms with Crippen LogP contribution < -0.4 is 19.1 Å². The Kier molecular flexibility index (Phi) is 6.60. The number of benzene rings is 3. The molecule has 0 aromatic heterocycles. The number of carbonyl (C=O) groups is 2. The van der Waals surface area contributed by atoms with Crippen molar-refractivity contribution in [3.8, 4) is 17.2 Å². The molecular formula is C26H22N2O8. The predicted molar refractivity (Wildman–Crippen MR) is 130 cm³/mol. The number of ether oxygens (including phenoxy) is 3. The maximum absolute atomic E-state index is 13.3. The van der Waals surface area contributed by atoms with E-state index in [-0.39, 0.29) is 16.8 Å². The van der Waals surface area contributed by atoms with Gasteiger partial charge < -0.3 is 19.3 Å². The van der Waals surface area contributed by atoms with Crippen molar-refractivity contribution in [2.45, 2.75) is 6.04 Å². The molecule has 10 nitrogen and oxygen atoms in total. The van der Waals surface area contributed by atoms with Crippen molar-refractivity contribution in [1.29, 1.82) is 0 Å². The first-order valence-corrected chi connectivity index (χ1v) is 10.7. The monoisotopic (exact) mass is 490 g/mol. The number of aliphatic hydroxyl groups excluding tert-OH is 1. The minimum atomic E-state index is -1.06. The minimum absolute atomic E-state index is 0.144. The number of Topliss-reactive ketones (excluding diaryl/α,β-unsaturated/α-hetero) is 1. The van der Waals surface area contributed by atoms with E-state index in [1.165, 1.54) is 50.5 Å². The molecule has 36 heavy (non-hydrogen) atoms. The lowest BCUT2D eigenvalue weighted by Gasteiger charge is -2.27. The van der Waals surface area contributed by atoms with Gasteiger partial charge in [-0.15, -0.1) is 0 Å². The van der Waals surface area contributed by atoms with Crippen LogP contribution in [-0.4, -0.2) is 43.0 Å². The van der Waals surface area contributed by atoms with Gasteiger partial charge in [-0.3, -0.25) is 24.6 Å². The van der Waals surface area contributed by atoms with E-state index < -0.39 is 28.4 Å². The quantitative estimate of drug-likeness (QED) is 0.171. The Hall–Kier alpha value is -4.86. The van der Waals surface area contributed by atoms with E-state index in [9.17, 15) is 24.8 Å². The summed E-state index contributed by atoms with van der Waals surface area (Å²) in [7, 11) is 4.44. The van der Waals surface area contributed by atoms with Crippen LogP contribution in [0.5, 0.6) is 17.2 Å². The number of nitrogens with zero attached hydrogens (tertiary/aromatic N) is 2. The summed E-state index contributed by atoms with van der Waals surface area (Å²) in [6, 6.07) is 15.4. The van der Waals surface area contributed by atoms with E-state index in [0.717, 1.165) is 0 Å². The van der Waals surface area contributed by atoms with E-state index in [4.69, 9.17) is 14.2 Å². The van der Waals surface area contributed by atoms with Crippen LogP contribution >= 0.6 is 0 Å². The normalized spacial score (nSPS) is 16.6. The zero-order chi connectivity index (χ0) is 26.0. The fraction of sp³-hybridized carbons (Fsp3) is 0.154. The molecule has 1 atom stereocenters. The van der Waals surface area contributed by atoms with Crippen molar-refractivity contribution in [2.75, 3.05) is 26.2 Å². The summed E-state index contributed by atoms with van der Waals surface area (Å²) in [5.41, 5.74) is 0.595. The summed E-state index contributed by atoms with van der Waals surface area (Å²) in [5, 5.41) is 22.2. The SMILES string of the molecule is COc1ccc(N2C(=O)C(=O)/C(=C(/O)c3ccc([N+](=O)[O-])cc3)[C@@H]2c2ccc(OC)cc2OC)cc1. The Morgan fingerprint density at radius 3 is 2.06 bits per heavy atom. The maximum atomic E-state index is 13.3. The van der Waals surface area contributed by atoms with Gasteiger partial charge in [0.25, 0.3) is 17.4 Å². The summed E-state index contributed by atoms with van der Waals surface area (Å²) >= 11 is 0. The van der Waals surface area contributed by atoms with Crippen molar-refractivity contribution >= 4 is 28.8 Å². The summed E-state index contributed by atoms with van der Waals surface area (Å²) in [4.78, 5) is 38.3. The molecule has 0 unspecified atom stereocenters. The number of anilines is 1. The van der Waals surface area contributed by atoms with Gasteiger partial charge in [0.1, 0.15) is 23.0 Å². The van der Waals surface area contributed by atoms with E-state index in [0.29, 0.717) is 28.5 Å². The highest BCUT2D eigenvalue weighted by molar-refractivity contribution is 6.51. The second kappa shape index (κ2) is 9.79. The van der Waals surface area contributed by atoms with Gasteiger partial charge in [0.2, 0.25) is 0 Å². The standard InChI is InChI=1S/C26H22N2O8/c1-34-18-10-8-16(9-11-18)27-23(20-13-12-19(35-2)14-21(20)36-3)22(25(30)26(27)31)24(29)15-4-6-17(7-5-15)28(32)33/h4-14,23,29H,1-3H3/b24-22+/t23-/m0/s1. The van der Waals surface area contributed by atoms with Gasteiger partial charge in [-0.1, -0.05) is 0 Å². The summed E-state index contributed by atoms with van der Waals surface area (Å²) in [6.07, 6.45) is 0. The third-order valence-corrected chi connectivity index (χ3v) is 5.88. The Morgan fingerprint density at radius 2 is 1.50 bits per heavy atom. The van der Waals surface area contributed by atoms with Crippen molar-refractivity contribution in [1.82, 2.24) is 0 Å². The molecule has 3 aromatic rings. The fourth-order valence-corrected chi connectivity index (χ4v) is 4.08. The molecule has 10 heteroatoms. The molecule has 1 heterocycles. The van der Waals surface area contributed by atoms with Crippen molar-refractivity contribution < 1.29 is 33.8 Å². The van der Waals surface area contributed by atoms with Crippen molar-refractivity contribution in [2.24, 2.45) is 0 Å². The van der Waals surface area contributed by atoms with E-state index in [1.54, 1.807) is 42.5 Å². The summed E-state index contributed by atoms with van der Waals surface area (Å²) in [5.74, 6) is -0.861. The topological polar surface area (TPSA) is 128 Å². The van der Waals surface area contributed by atoms with Gasteiger partial charge >= 0.3 is 0 Å². The molecule has 1 saturated heterocycles. The van der Waals surface area contributed by atoms with E-state index in [2.05, 4.69) is 0 Å². The second-order valence-corrected chi connectivity index (χ2v) is 7.78. The van der Waals surface area contributed by atoms with Gasteiger partial charge in [-0.2, -0.15) is 0 Å². The molecule has 0 spiro atoms. The van der Waals surface area contributed by atoms with Crippen LogP contribution in [0.25, 0.3) is 5.76 Å². The van der Waals surface area contributed by atoms with E-state index in [1.807, 2.05) is 0 Å². The highest BCUT2D eigenvalue weighted by Crippen LogP contribution is 2.46. The molecule has 1 N–H and O–H groups in total. The van der Waals surface area contributed by atoms with Crippen LogP contribution in [-0.2, 0) is 9.59 Å². The number of methoxy groups -OCH3 is 3. The van der Waals surface area contributed by atoms with Gasteiger partial charge in [0.05, 0.1) is 37.9 Å². The average Bonchev–Trinajstić information content (AvgIpc) is 3.17. The van der Waals surface area contributed by atoms with Crippen LogP contribution in [0.15, 0.2) is 72.3 Å². The number of rotatable bonds is 7. The molecule has 1 aliphatic heterocycles. The smallest absolute Gasteiger partial charge is 0.300 e. The summed E-state index contributed by atoms with van der Waals surface area (Å²) < 4.78 is 16.0. The van der Waals surface area contributed by atoms with Crippen LogP contribution in [0, 0.1) is 10.1 Å². The van der Waals surface area contributed by atoms with Gasteiger partial charge in [-0.05, 0) is 48.5 Å². The van der Waals surface area contributed by atoms with Gasteiger partial charge in [-0.25, -0.2) is 0 Å². The lowest BCUT2D eigenvalue weighted by molar-refractivity contribution is -0.384. The van der Waals surface area contributed by atoms with Crippen molar-refractivity contribution in [3.63, 3.8) is 0 Å². The Balaban J connectivity index is 1.95. The first-order chi connectivity index (χ1) is 17.3. The first-order valence-electron chi connectivity index (χ1n) is 10.7. The molecule has 0 saturated carbocycles. The molecule has 4 rings (SSSR count). The van der Waals surface area contributed by atoms with Gasteiger partial charge in [0, 0.05) is 35.0 Å². The molecule has 1 fully saturated rings. The van der Waals surface area contributed by atoms with Crippen LogP contribution in [0.2, 0.25) is 0 Å². The number of ketones is 1. The molecule has 0 aliphatic carbocycles. The number of amides is 1. The maximum Gasteiger partial charge on any atom is 0.300 e. The lowest BCUT2D eigenvalue weighted by Crippen LogP contribution is -2.29. The third-order valence-electron chi connectivity index (χ3n) is 5.88. The number of hydrogen-bond donors (Lipinski definition) is 1. The van der Waals surface area contributed by atoms with Gasteiger partial charge in [0.15, 0.2) is 0 Å². The number of nitro groups is 1. The van der Waals surface area contributed by atoms with Crippen LogP contribution in [0.3, 0.4) is 0 Å².